The number of aliphatic imine (C=N–C) groups is 1. The maximum atomic E-state index is 11.4. The van der Waals surface area contributed by atoms with Crippen LogP contribution in [0.4, 0.5) is 4.79 Å². The average Bonchev–Trinajstić information content (AvgIpc) is 2.41. The Hall–Kier alpha value is -0.380. The molecule has 8 heteroatoms. The molecule has 0 spiro atoms. The summed E-state index contributed by atoms with van der Waals surface area (Å²) in [6.07, 6.45) is 1.40. The molecule has 1 aliphatic rings. The molecule has 3 N–H and O–H groups in total. The van der Waals surface area contributed by atoms with Gasteiger partial charge in [-0.15, -0.1) is 24.0 Å². The number of ether oxygens (including phenoxy) is 1. The summed E-state index contributed by atoms with van der Waals surface area (Å²) in [5.41, 5.74) is 5.51. The van der Waals surface area contributed by atoms with Crippen molar-refractivity contribution in [3.8, 4) is 0 Å². The van der Waals surface area contributed by atoms with E-state index in [1.54, 1.807) is 0 Å². The van der Waals surface area contributed by atoms with Gasteiger partial charge in [-0.25, -0.2) is 4.79 Å². The molecule has 0 aliphatic carbocycles. The van der Waals surface area contributed by atoms with E-state index in [1.165, 1.54) is 0 Å². The second kappa shape index (κ2) is 11.2. The van der Waals surface area contributed by atoms with Gasteiger partial charge in [-0.2, -0.15) is 11.8 Å². The Bertz CT molecular complexity index is 355. The van der Waals surface area contributed by atoms with Crippen LogP contribution in [0.15, 0.2) is 4.99 Å². The molecule has 130 valence electrons. The van der Waals surface area contributed by atoms with Gasteiger partial charge in [0, 0.05) is 37.7 Å². The number of carbonyl (C=O) groups excluding carboxylic acids is 1. The number of hydrogen-bond donors (Lipinski definition) is 2. The molecule has 1 amide bonds. The predicted molar refractivity (Wildman–Crippen MR) is 104 cm³/mol. The summed E-state index contributed by atoms with van der Waals surface area (Å²) < 4.78 is 5.16. The monoisotopic (exact) mass is 444 g/mol. The molecule has 0 atom stereocenters. The maximum absolute atomic E-state index is 11.4. The van der Waals surface area contributed by atoms with Crippen LogP contribution in [0.25, 0.3) is 0 Å². The number of halogens is 1. The number of nitrogens with zero attached hydrogens (tertiary/aromatic N) is 2. The molecular weight excluding hydrogens is 415 g/mol. The van der Waals surface area contributed by atoms with Gasteiger partial charge in [0.15, 0.2) is 5.96 Å². The van der Waals surface area contributed by atoms with E-state index in [2.05, 4.69) is 15.2 Å². The first-order chi connectivity index (χ1) is 9.88. The number of nitrogens with one attached hydrogen (secondary N) is 1. The van der Waals surface area contributed by atoms with Crippen LogP contribution in [0, 0.1) is 0 Å². The minimum atomic E-state index is -0.449. The van der Waals surface area contributed by atoms with Crippen molar-refractivity contribution in [2.45, 2.75) is 39.2 Å². The minimum absolute atomic E-state index is 0. The second-order valence-corrected chi connectivity index (χ2v) is 7.20. The first-order valence-corrected chi connectivity index (χ1v) is 8.63. The summed E-state index contributed by atoms with van der Waals surface area (Å²) in [5, 5.41) is 2.74. The van der Waals surface area contributed by atoms with Gasteiger partial charge in [0.2, 0.25) is 0 Å². The molecule has 1 saturated heterocycles. The average molecular weight is 444 g/mol. The standard InChI is InChI=1S/C14H28N4O2S.HI/c1-14(2,3)20-13(19)17-7-5-4-6-16-12(15)18-8-10-21-11-9-18;/h4-11H2,1-3H3,(H2,15,16)(H,17,19);1H. The Balaban J connectivity index is 0.00000441. The predicted octanol–water partition coefficient (Wildman–Crippen LogP) is 2.27. The zero-order valence-electron chi connectivity index (χ0n) is 13.8. The highest BCUT2D eigenvalue weighted by Crippen LogP contribution is 2.08. The number of amides is 1. The summed E-state index contributed by atoms with van der Waals surface area (Å²) >= 11 is 1.95. The Kier molecular flexibility index (Phi) is 11.0. The van der Waals surface area contributed by atoms with Gasteiger partial charge >= 0.3 is 6.09 Å². The van der Waals surface area contributed by atoms with Gasteiger partial charge in [-0.05, 0) is 33.6 Å². The highest BCUT2D eigenvalue weighted by molar-refractivity contribution is 14.0. The van der Waals surface area contributed by atoms with Crippen molar-refractivity contribution in [2.75, 3.05) is 37.7 Å². The number of alkyl carbamates (subject to hydrolysis) is 1. The van der Waals surface area contributed by atoms with E-state index in [4.69, 9.17) is 10.5 Å². The van der Waals surface area contributed by atoms with E-state index in [1.807, 2.05) is 32.5 Å². The largest absolute Gasteiger partial charge is 0.444 e. The van der Waals surface area contributed by atoms with Crippen LogP contribution >= 0.6 is 35.7 Å². The fraction of sp³-hybridized carbons (Fsp3) is 0.857. The van der Waals surface area contributed by atoms with Crippen molar-refractivity contribution < 1.29 is 9.53 Å². The van der Waals surface area contributed by atoms with Crippen LogP contribution in [0.5, 0.6) is 0 Å². The molecule has 0 aromatic heterocycles. The first kappa shape index (κ1) is 21.6. The summed E-state index contributed by atoms with van der Waals surface area (Å²) in [6.45, 7) is 8.83. The molecule has 1 heterocycles. The molecule has 1 rings (SSSR count). The normalized spacial score (nSPS) is 16.0. The minimum Gasteiger partial charge on any atom is -0.444 e. The number of hydrogen-bond acceptors (Lipinski definition) is 4. The Morgan fingerprint density at radius 1 is 1.32 bits per heavy atom. The van der Waals surface area contributed by atoms with Gasteiger partial charge in [-0.3, -0.25) is 4.99 Å². The molecule has 0 aromatic rings. The summed E-state index contributed by atoms with van der Waals surface area (Å²) in [6, 6.07) is 0. The number of nitrogens with two attached hydrogens (primary N) is 1. The van der Waals surface area contributed by atoms with E-state index in [-0.39, 0.29) is 30.1 Å². The molecular formula is C14H29IN4O2S. The quantitative estimate of drug-likeness (QED) is 0.294. The highest BCUT2D eigenvalue weighted by Gasteiger charge is 2.15. The Labute approximate surface area is 155 Å². The maximum Gasteiger partial charge on any atom is 0.407 e. The van der Waals surface area contributed by atoms with Crippen LogP contribution in [-0.2, 0) is 4.74 Å². The van der Waals surface area contributed by atoms with Gasteiger partial charge in [0.05, 0.1) is 0 Å². The van der Waals surface area contributed by atoms with Crippen LogP contribution in [0.1, 0.15) is 33.6 Å². The fourth-order valence-corrected chi connectivity index (χ4v) is 2.73. The zero-order chi connectivity index (χ0) is 15.7. The summed E-state index contributed by atoms with van der Waals surface area (Å²) in [5.74, 6) is 2.89. The number of thioether (sulfide) groups is 1. The molecule has 1 fully saturated rings. The smallest absolute Gasteiger partial charge is 0.407 e. The van der Waals surface area contributed by atoms with E-state index in [9.17, 15) is 4.79 Å². The molecule has 0 radical (unpaired) electrons. The van der Waals surface area contributed by atoms with Gasteiger partial charge < -0.3 is 20.7 Å². The van der Waals surface area contributed by atoms with Gasteiger partial charge in [0.1, 0.15) is 5.60 Å². The number of unbranched alkanes of at least 4 members (excludes halogenated alkanes) is 1. The van der Waals surface area contributed by atoms with Crippen LogP contribution in [-0.4, -0.2) is 60.2 Å². The topological polar surface area (TPSA) is 79.9 Å². The first-order valence-electron chi connectivity index (χ1n) is 7.48. The van der Waals surface area contributed by atoms with Crippen LogP contribution in [0.3, 0.4) is 0 Å². The molecule has 0 aromatic carbocycles. The number of carbonyl (C=O) groups is 1. The fourth-order valence-electron chi connectivity index (χ4n) is 1.83. The third kappa shape index (κ3) is 10.4. The van der Waals surface area contributed by atoms with E-state index >= 15 is 0 Å². The molecule has 0 saturated carbocycles. The lowest BCUT2D eigenvalue weighted by molar-refractivity contribution is 0.0527. The van der Waals surface area contributed by atoms with E-state index < -0.39 is 5.60 Å². The lowest BCUT2D eigenvalue weighted by Crippen LogP contribution is -2.42. The Morgan fingerprint density at radius 2 is 1.95 bits per heavy atom. The van der Waals surface area contributed by atoms with Crippen molar-refractivity contribution in [1.29, 1.82) is 0 Å². The molecule has 0 unspecified atom stereocenters. The number of guanidine groups is 1. The van der Waals surface area contributed by atoms with Gasteiger partial charge in [0.25, 0.3) is 0 Å². The van der Waals surface area contributed by atoms with Crippen LogP contribution in [0.2, 0.25) is 0 Å². The molecule has 22 heavy (non-hydrogen) atoms. The SMILES string of the molecule is CC(C)(C)OC(=O)NCCCCN=C(N)N1CCSCC1.I. The molecule has 1 aliphatic heterocycles. The van der Waals surface area contributed by atoms with Crippen molar-refractivity contribution >= 4 is 47.8 Å². The lowest BCUT2D eigenvalue weighted by atomic mass is 10.2. The van der Waals surface area contributed by atoms with Crippen molar-refractivity contribution in [3.63, 3.8) is 0 Å². The number of rotatable bonds is 5. The van der Waals surface area contributed by atoms with E-state index in [0.717, 1.165) is 37.4 Å². The van der Waals surface area contributed by atoms with Crippen molar-refractivity contribution in [2.24, 2.45) is 10.7 Å². The zero-order valence-corrected chi connectivity index (χ0v) is 16.9. The van der Waals surface area contributed by atoms with Crippen molar-refractivity contribution in [1.82, 2.24) is 10.2 Å². The molecule has 0 bridgehead atoms. The van der Waals surface area contributed by atoms with Crippen molar-refractivity contribution in [3.05, 3.63) is 0 Å². The van der Waals surface area contributed by atoms with Gasteiger partial charge in [-0.1, -0.05) is 0 Å². The van der Waals surface area contributed by atoms with E-state index in [0.29, 0.717) is 19.0 Å². The van der Waals surface area contributed by atoms with Crippen LogP contribution < -0.4 is 11.1 Å². The molecule has 6 nitrogen and oxygen atoms in total. The lowest BCUT2D eigenvalue weighted by Gasteiger charge is -2.27. The third-order valence-corrected chi connectivity index (χ3v) is 3.80. The highest BCUT2D eigenvalue weighted by atomic mass is 127. The summed E-state index contributed by atoms with van der Waals surface area (Å²) in [4.78, 5) is 17.9. The third-order valence-electron chi connectivity index (χ3n) is 2.86. The second-order valence-electron chi connectivity index (χ2n) is 5.98. The Morgan fingerprint density at radius 3 is 2.55 bits per heavy atom. The summed E-state index contributed by atoms with van der Waals surface area (Å²) in [7, 11) is 0.